The van der Waals surface area contributed by atoms with Crippen LogP contribution in [0, 0.1) is 6.92 Å². The van der Waals surface area contributed by atoms with Crippen molar-refractivity contribution < 1.29 is 0 Å². The number of rotatable bonds is 3. The number of benzene rings is 1. The first-order valence-electron chi connectivity index (χ1n) is 6.15. The zero-order valence-electron chi connectivity index (χ0n) is 10.7. The molecular formula is C15H15N3S. The first-order valence-corrected chi connectivity index (χ1v) is 6.97. The number of pyridine rings is 1. The van der Waals surface area contributed by atoms with Crippen LogP contribution >= 0.6 is 11.3 Å². The Morgan fingerprint density at radius 1 is 1.16 bits per heavy atom. The lowest BCUT2D eigenvalue weighted by Gasteiger charge is -2.10. The molecule has 0 aliphatic rings. The summed E-state index contributed by atoms with van der Waals surface area (Å²) in [7, 11) is 0. The Kier molecular flexibility index (Phi) is 3.09. The standard InChI is InChI=1S/C15H15N3S/c1-10-2-3-11(19-10)8-18-15-5-4-14(16)13-9-17-7-6-12(13)15/h2-7,9,18H,8,16H2,1H3. The third-order valence-corrected chi connectivity index (χ3v) is 4.10. The second-order valence-corrected chi connectivity index (χ2v) is 5.86. The maximum atomic E-state index is 5.97. The van der Waals surface area contributed by atoms with E-state index in [0.29, 0.717) is 0 Å². The zero-order valence-corrected chi connectivity index (χ0v) is 11.5. The van der Waals surface area contributed by atoms with E-state index in [-0.39, 0.29) is 0 Å². The number of hydrogen-bond donors (Lipinski definition) is 2. The molecule has 0 fully saturated rings. The van der Waals surface area contributed by atoms with Crippen LogP contribution in [0.2, 0.25) is 0 Å². The highest BCUT2D eigenvalue weighted by Gasteiger charge is 2.04. The van der Waals surface area contributed by atoms with Crippen LogP contribution in [-0.2, 0) is 6.54 Å². The number of hydrogen-bond acceptors (Lipinski definition) is 4. The number of aryl methyl sites for hydroxylation is 1. The number of nitrogens with two attached hydrogens (primary N) is 1. The van der Waals surface area contributed by atoms with Gasteiger partial charge in [-0.25, -0.2) is 0 Å². The number of fused-ring (bicyclic) bond motifs is 1. The molecule has 0 saturated heterocycles. The van der Waals surface area contributed by atoms with Crippen molar-refractivity contribution >= 4 is 33.5 Å². The van der Waals surface area contributed by atoms with Gasteiger partial charge in [-0.2, -0.15) is 0 Å². The molecule has 0 amide bonds. The molecule has 2 heterocycles. The molecule has 0 unspecified atom stereocenters. The molecule has 0 aliphatic carbocycles. The summed E-state index contributed by atoms with van der Waals surface area (Å²) >= 11 is 1.82. The highest BCUT2D eigenvalue weighted by molar-refractivity contribution is 7.11. The van der Waals surface area contributed by atoms with Crippen molar-refractivity contribution in [1.82, 2.24) is 4.98 Å². The SMILES string of the molecule is Cc1ccc(CNc2ccc(N)c3cnccc23)s1. The minimum atomic E-state index is 0.764. The number of anilines is 2. The van der Waals surface area contributed by atoms with Crippen LogP contribution in [0.3, 0.4) is 0 Å². The Morgan fingerprint density at radius 3 is 2.84 bits per heavy atom. The van der Waals surface area contributed by atoms with Crippen LogP contribution < -0.4 is 11.1 Å². The third-order valence-electron chi connectivity index (χ3n) is 3.10. The van der Waals surface area contributed by atoms with Gasteiger partial charge in [0.25, 0.3) is 0 Å². The molecule has 3 nitrogen and oxygen atoms in total. The maximum absolute atomic E-state index is 5.97. The van der Waals surface area contributed by atoms with Crippen molar-refractivity contribution in [1.29, 1.82) is 0 Å². The van der Waals surface area contributed by atoms with E-state index < -0.39 is 0 Å². The van der Waals surface area contributed by atoms with Crippen molar-refractivity contribution in [3.05, 3.63) is 52.5 Å². The molecule has 3 aromatic rings. The summed E-state index contributed by atoms with van der Waals surface area (Å²) in [6.45, 7) is 2.96. The van der Waals surface area contributed by atoms with E-state index in [1.54, 1.807) is 6.20 Å². The number of nitrogen functional groups attached to an aromatic ring is 1. The smallest absolute Gasteiger partial charge is 0.0494 e. The van der Waals surface area contributed by atoms with Crippen molar-refractivity contribution in [3.8, 4) is 0 Å². The average molecular weight is 269 g/mol. The quantitative estimate of drug-likeness (QED) is 0.711. The number of nitrogens with zero attached hydrogens (tertiary/aromatic N) is 1. The van der Waals surface area contributed by atoms with Crippen molar-refractivity contribution in [3.63, 3.8) is 0 Å². The van der Waals surface area contributed by atoms with Gasteiger partial charge in [0.2, 0.25) is 0 Å². The molecule has 0 aliphatic heterocycles. The Bertz CT molecular complexity index is 718. The molecule has 0 radical (unpaired) electrons. The second kappa shape index (κ2) is 4.90. The lowest BCUT2D eigenvalue weighted by molar-refractivity contribution is 1.20. The summed E-state index contributed by atoms with van der Waals surface area (Å²) in [5, 5.41) is 5.58. The van der Waals surface area contributed by atoms with Gasteiger partial charge < -0.3 is 11.1 Å². The maximum Gasteiger partial charge on any atom is 0.0494 e. The Hall–Kier alpha value is -2.07. The normalized spacial score (nSPS) is 10.8. The first kappa shape index (κ1) is 12.0. The van der Waals surface area contributed by atoms with E-state index in [9.17, 15) is 0 Å². The van der Waals surface area contributed by atoms with Crippen LogP contribution in [0.25, 0.3) is 10.8 Å². The highest BCUT2D eigenvalue weighted by Crippen LogP contribution is 2.28. The summed E-state index contributed by atoms with van der Waals surface area (Å²) in [6.07, 6.45) is 3.60. The van der Waals surface area contributed by atoms with Gasteiger partial charge in [-0.1, -0.05) is 0 Å². The summed E-state index contributed by atoms with van der Waals surface area (Å²) in [5.74, 6) is 0. The fourth-order valence-electron chi connectivity index (χ4n) is 2.13. The fourth-order valence-corrected chi connectivity index (χ4v) is 2.96. The topological polar surface area (TPSA) is 50.9 Å². The molecule has 3 rings (SSSR count). The van der Waals surface area contributed by atoms with Crippen LogP contribution in [-0.4, -0.2) is 4.98 Å². The zero-order chi connectivity index (χ0) is 13.2. The predicted molar refractivity (Wildman–Crippen MR) is 82.5 cm³/mol. The average Bonchev–Trinajstić information content (AvgIpc) is 2.84. The highest BCUT2D eigenvalue weighted by atomic mass is 32.1. The molecule has 0 atom stereocenters. The number of thiophene rings is 1. The third kappa shape index (κ3) is 2.39. The first-order chi connectivity index (χ1) is 9.24. The largest absolute Gasteiger partial charge is 0.398 e. The second-order valence-electron chi connectivity index (χ2n) is 4.49. The molecular weight excluding hydrogens is 254 g/mol. The number of nitrogens with one attached hydrogen (secondary N) is 1. The van der Waals surface area contributed by atoms with Crippen LogP contribution in [0.1, 0.15) is 9.75 Å². The summed E-state index contributed by atoms with van der Waals surface area (Å²) < 4.78 is 0. The monoisotopic (exact) mass is 269 g/mol. The molecule has 4 heteroatoms. The molecule has 2 aromatic heterocycles. The van der Waals surface area contributed by atoms with Gasteiger partial charge in [0.05, 0.1) is 0 Å². The Labute approximate surface area is 116 Å². The minimum Gasteiger partial charge on any atom is -0.398 e. The molecule has 96 valence electrons. The lowest BCUT2D eigenvalue weighted by Crippen LogP contribution is -1.99. The van der Waals surface area contributed by atoms with E-state index in [1.807, 2.05) is 35.7 Å². The predicted octanol–water partition coefficient (Wildman–Crippen LogP) is 3.80. The molecule has 1 aromatic carbocycles. The van der Waals surface area contributed by atoms with Crippen molar-refractivity contribution in [2.45, 2.75) is 13.5 Å². The molecule has 19 heavy (non-hydrogen) atoms. The summed E-state index contributed by atoms with van der Waals surface area (Å²) in [5.41, 5.74) is 7.83. The van der Waals surface area contributed by atoms with Crippen molar-refractivity contribution in [2.75, 3.05) is 11.1 Å². The van der Waals surface area contributed by atoms with Gasteiger partial charge in [-0.15, -0.1) is 11.3 Å². The van der Waals surface area contributed by atoms with Crippen molar-refractivity contribution in [2.24, 2.45) is 0 Å². The van der Waals surface area contributed by atoms with E-state index in [0.717, 1.165) is 28.7 Å². The van der Waals surface area contributed by atoms with Gasteiger partial charge >= 0.3 is 0 Å². The minimum absolute atomic E-state index is 0.764. The van der Waals surface area contributed by atoms with Gasteiger partial charge in [0, 0.05) is 50.8 Å². The Morgan fingerprint density at radius 2 is 2.05 bits per heavy atom. The number of aromatic nitrogens is 1. The van der Waals surface area contributed by atoms with Crippen LogP contribution in [0.5, 0.6) is 0 Å². The fraction of sp³-hybridized carbons (Fsp3) is 0.133. The summed E-state index contributed by atoms with van der Waals surface area (Å²) in [6, 6.07) is 10.2. The lowest BCUT2D eigenvalue weighted by atomic mass is 10.1. The Balaban J connectivity index is 1.91. The molecule has 0 saturated carbocycles. The van der Waals surface area contributed by atoms with E-state index >= 15 is 0 Å². The van der Waals surface area contributed by atoms with E-state index in [1.165, 1.54) is 9.75 Å². The van der Waals surface area contributed by atoms with Gasteiger partial charge in [-0.05, 0) is 37.3 Å². The van der Waals surface area contributed by atoms with E-state index in [4.69, 9.17) is 5.73 Å². The van der Waals surface area contributed by atoms with Gasteiger partial charge in [0.1, 0.15) is 0 Å². The van der Waals surface area contributed by atoms with Crippen LogP contribution in [0.15, 0.2) is 42.7 Å². The molecule has 0 spiro atoms. The van der Waals surface area contributed by atoms with Gasteiger partial charge in [0.15, 0.2) is 0 Å². The molecule has 3 N–H and O–H groups in total. The van der Waals surface area contributed by atoms with Gasteiger partial charge in [-0.3, -0.25) is 4.98 Å². The molecule has 0 bridgehead atoms. The van der Waals surface area contributed by atoms with E-state index in [2.05, 4.69) is 29.4 Å². The summed E-state index contributed by atoms with van der Waals surface area (Å²) in [4.78, 5) is 6.80. The van der Waals surface area contributed by atoms with Crippen LogP contribution in [0.4, 0.5) is 11.4 Å².